The lowest BCUT2D eigenvalue weighted by molar-refractivity contribution is 0.660. The zero-order valence-corrected chi connectivity index (χ0v) is 25.5. The summed E-state index contributed by atoms with van der Waals surface area (Å²) < 4.78 is 11.7. The lowest BCUT2D eigenvalue weighted by Gasteiger charge is -2.24. The predicted molar refractivity (Wildman–Crippen MR) is 191 cm³/mol. The van der Waals surface area contributed by atoms with Gasteiger partial charge in [0.15, 0.2) is 5.84 Å². The number of benzene rings is 6. The van der Waals surface area contributed by atoms with Gasteiger partial charge in [-0.25, -0.2) is 9.98 Å². The number of hydrogen-bond donors (Lipinski definition) is 1. The van der Waals surface area contributed by atoms with Crippen molar-refractivity contribution in [3.05, 3.63) is 144 Å². The largest absolute Gasteiger partial charge is 0.455 e. The van der Waals surface area contributed by atoms with Crippen LogP contribution in [0, 0.1) is 0 Å². The molecule has 4 nitrogen and oxygen atoms in total. The summed E-state index contributed by atoms with van der Waals surface area (Å²) in [6.07, 6.45) is -0.304. The van der Waals surface area contributed by atoms with Crippen molar-refractivity contribution in [1.29, 1.82) is 0 Å². The Balaban J connectivity index is 1.24. The summed E-state index contributed by atoms with van der Waals surface area (Å²) in [4.78, 5) is 10.4. The van der Waals surface area contributed by atoms with Crippen LogP contribution in [-0.4, -0.2) is 11.7 Å². The first-order valence-corrected chi connectivity index (χ1v) is 16.6. The summed E-state index contributed by atoms with van der Waals surface area (Å²) in [5.74, 6) is 1.46. The number of hydrogen-bond acceptors (Lipinski definition) is 6. The van der Waals surface area contributed by atoms with Crippen LogP contribution >= 0.6 is 22.7 Å². The zero-order valence-electron chi connectivity index (χ0n) is 23.8. The van der Waals surface area contributed by atoms with Crippen LogP contribution in [0.2, 0.25) is 0 Å². The second kappa shape index (κ2) is 9.60. The number of thiophene rings is 2. The van der Waals surface area contributed by atoms with Crippen LogP contribution in [0.25, 0.3) is 62.3 Å². The molecule has 0 aliphatic carbocycles. The highest BCUT2D eigenvalue weighted by atomic mass is 32.1. The minimum Gasteiger partial charge on any atom is -0.455 e. The third-order valence-corrected chi connectivity index (χ3v) is 11.1. The highest BCUT2D eigenvalue weighted by molar-refractivity contribution is 7.27. The zero-order chi connectivity index (χ0) is 29.5. The molecule has 0 fully saturated rings. The fraction of sp³-hybridized carbons (Fsp3) is 0.0256. The lowest BCUT2D eigenvalue weighted by Crippen LogP contribution is -2.33. The molecule has 6 aromatic carbocycles. The van der Waals surface area contributed by atoms with Gasteiger partial charge >= 0.3 is 0 Å². The monoisotopic (exact) mass is 613 g/mol. The highest BCUT2D eigenvalue weighted by Crippen LogP contribution is 2.44. The topological polar surface area (TPSA) is 49.9 Å². The minimum absolute atomic E-state index is 0.304. The maximum absolute atomic E-state index is 6.66. The second-order valence-electron chi connectivity index (χ2n) is 11.4. The number of nitrogens with one attached hydrogen (secondary N) is 1. The average Bonchev–Trinajstić information content (AvgIpc) is 3.79. The average molecular weight is 614 g/mol. The number of furan rings is 1. The SMILES string of the molecule is c1ccc(C2N=C(c3ccc4c(c3)sc3ccccc34)N=C(c3cc4c5ccccc5sc4c4c3oc3ccccc34)N2)cc1. The van der Waals surface area contributed by atoms with E-state index in [1.54, 1.807) is 0 Å². The van der Waals surface area contributed by atoms with E-state index in [0.717, 1.165) is 44.5 Å². The van der Waals surface area contributed by atoms with Gasteiger partial charge < -0.3 is 9.73 Å². The molecule has 0 radical (unpaired) electrons. The molecule has 4 heterocycles. The fourth-order valence-corrected chi connectivity index (χ4v) is 9.01. The van der Waals surface area contributed by atoms with Crippen molar-refractivity contribution in [3.8, 4) is 0 Å². The Hall–Kier alpha value is -5.30. The van der Waals surface area contributed by atoms with Crippen molar-refractivity contribution >= 4 is 96.6 Å². The van der Waals surface area contributed by atoms with E-state index >= 15 is 0 Å². The predicted octanol–water partition coefficient (Wildman–Crippen LogP) is 10.8. The fourth-order valence-electron chi connectivity index (χ4n) is 6.63. The summed E-state index contributed by atoms with van der Waals surface area (Å²) in [7, 11) is 0. The Bertz CT molecular complexity index is 2690. The van der Waals surface area contributed by atoms with Gasteiger partial charge in [0, 0.05) is 56.7 Å². The van der Waals surface area contributed by atoms with Crippen molar-refractivity contribution < 1.29 is 4.42 Å². The highest BCUT2D eigenvalue weighted by Gasteiger charge is 2.26. The van der Waals surface area contributed by atoms with E-state index in [2.05, 4.69) is 115 Å². The Kier molecular flexibility index (Phi) is 5.35. The van der Waals surface area contributed by atoms with Gasteiger partial charge in [0.05, 0.1) is 5.56 Å². The quantitative estimate of drug-likeness (QED) is 0.215. The van der Waals surface area contributed by atoms with Gasteiger partial charge in [0.2, 0.25) is 0 Å². The molecule has 6 heteroatoms. The molecule has 45 heavy (non-hydrogen) atoms. The van der Waals surface area contributed by atoms with Gasteiger partial charge in [-0.15, -0.1) is 22.7 Å². The molecule has 10 rings (SSSR count). The molecule has 0 amide bonds. The van der Waals surface area contributed by atoms with E-state index < -0.39 is 0 Å². The van der Waals surface area contributed by atoms with Gasteiger partial charge in [0.25, 0.3) is 0 Å². The second-order valence-corrected chi connectivity index (χ2v) is 13.5. The number of amidine groups is 2. The van der Waals surface area contributed by atoms with Crippen molar-refractivity contribution in [2.24, 2.45) is 9.98 Å². The Labute approximate surface area is 265 Å². The first-order valence-electron chi connectivity index (χ1n) is 14.9. The number of fused-ring (bicyclic) bond motifs is 10. The van der Waals surface area contributed by atoms with Crippen LogP contribution in [0.15, 0.2) is 142 Å². The van der Waals surface area contributed by atoms with Gasteiger partial charge in [-0.2, -0.15) is 0 Å². The van der Waals surface area contributed by atoms with Gasteiger partial charge in [-0.05, 0) is 35.9 Å². The smallest absolute Gasteiger partial charge is 0.159 e. The van der Waals surface area contributed by atoms with Crippen LogP contribution in [0.4, 0.5) is 0 Å². The van der Waals surface area contributed by atoms with Crippen molar-refractivity contribution in [1.82, 2.24) is 5.32 Å². The van der Waals surface area contributed by atoms with Crippen LogP contribution in [0.5, 0.6) is 0 Å². The molecule has 1 aliphatic rings. The molecule has 1 N–H and O–H groups in total. The first-order chi connectivity index (χ1) is 22.3. The normalized spacial score (nSPS) is 15.3. The van der Waals surface area contributed by atoms with Crippen LogP contribution in [-0.2, 0) is 0 Å². The summed E-state index contributed by atoms with van der Waals surface area (Å²) in [5, 5.41) is 10.9. The summed E-state index contributed by atoms with van der Waals surface area (Å²) >= 11 is 3.63. The van der Waals surface area contributed by atoms with E-state index in [9.17, 15) is 0 Å². The van der Waals surface area contributed by atoms with Crippen molar-refractivity contribution in [2.75, 3.05) is 0 Å². The van der Waals surface area contributed by atoms with Crippen LogP contribution in [0.3, 0.4) is 0 Å². The summed E-state index contributed by atoms with van der Waals surface area (Å²) in [6, 6.07) is 44.8. The molecule has 9 aromatic rings. The van der Waals surface area contributed by atoms with Crippen molar-refractivity contribution in [2.45, 2.75) is 6.17 Å². The molecule has 1 atom stereocenters. The summed E-state index contributed by atoms with van der Waals surface area (Å²) in [5.41, 5.74) is 4.73. The summed E-state index contributed by atoms with van der Waals surface area (Å²) in [6.45, 7) is 0. The van der Waals surface area contributed by atoms with E-state index in [4.69, 9.17) is 14.4 Å². The maximum atomic E-state index is 6.66. The molecule has 0 saturated heterocycles. The third kappa shape index (κ3) is 3.83. The van der Waals surface area contributed by atoms with Gasteiger partial charge in [-0.1, -0.05) is 97.1 Å². The van der Waals surface area contributed by atoms with E-state index in [-0.39, 0.29) is 6.17 Å². The van der Waals surface area contributed by atoms with Crippen LogP contribution in [0.1, 0.15) is 22.9 Å². The Morgan fingerprint density at radius 1 is 0.600 bits per heavy atom. The lowest BCUT2D eigenvalue weighted by atomic mass is 10.0. The molecular formula is C39H23N3OS2. The molecule has 0 bridgehead atoms. The molecule has 1 unspecified atom stereocenters. The number of aliphatic imine (C=N–C) groups is 2. The molecule has 0 spiro atoms. The van der Waals surface area contributed by atoms with E-state index in [0.29, 0.717) is 5.84 Å². The molecule has 0 saturated carbocycles. The maximum Gasteiger partial charge on any atom is 0.159 e. The number of para-hydroxylation sites is 1. The van der Waals surface area contributed by atoms with Crippen molar-refractivity contribution in [3.63, 3.8) is 0 Å². The molecular weight excluding hydrogens is 591 g/mol. The van der Waals surface area contributed by atoms with Gasteiger partial charge in [0.1, 0.15) is 23.2 Å². The number of rotatable bonds is 3. The Morgan fingerprint density at radius 3 is 2.13 bits per heavy atom. The number of nitrogens with zero attached hydrogens (tertiary/aromatic N) is 2. The molecule has 212 valence electrons. The molecule has 1 aliphatic heterocycles. The standard InChI is InChI=1S/C39H23N3OS2/c1-2-10-22(11-3-1)37-40-38(23-18-19-26-24-12-5-8-16-31(24)44-33(26)20-23)42-39(41-37)29-21-28-25-13-6-9-17-32(25)45-36(28)34-27-14-4-7-15-30(27)43-35(29)34/h1-21,37H,(H,40,41,42). The third-order valence-electron chi connectivity index (χ3n) is 8.74. The Morgan fingerprint density at radius 2 is 1.29 bits per heavy atom. The van der Waals surface area contributed by atoms with E-state index in [1.165, 1.54) is 40.3 Å². The van der Waals surface area contributed by atoms with Gasteiger partial charge in [-0.3, -0.25) is 0 Å². The van der Waals surface area contributed by atoms with Crippen LogP contribution < -0.4 is 5.32 Å². The minimum atomic E-state index is -0.304. The first kappa shape index (κ1) is 25.1. The van der Waals surface area contributed by atoms with E-state index in [1.807, 2.05) is 40.9 Å². The molecule has 3 aromatic heterocycles.